The Morgan fingerprint density at radius 1 is 1.47 bits per heavy atom. The number of carbonyl (C=O) groups is 1. The summed E-state index contributed by atoms with van der Waals surface area (Å²) in [6, 6.07) is 6.59. The van der Waals surface area contributed by atoms with Gasteiger partial charge in [-0.2, -0.15) is 0 Å². The topological polar surface area (TPSA) is 72.6 Å². The smallest absolute Gasteiger partial charge is 0.339 e. The largest absolute Gasteiger partial charge is 0.485 e. The fraction of sp³-hybridized carbons (Fsp3) is 0.167. The van der Waals surface area contributed by atoms with Gasteiger partial charge in [0.05, 0.1) is 6.20 Å². The molecule has 88 valence electrons. The van der Waals surface area contributed by atoms with Gasteiger partial charge in [0.1, 0.15) is 17.9 Å². The molecule has 2 rings (SSSR count). The zero-order valence-corrected chi connectivity index (χ0v) is 9.21. The second-order valence-electron chi connectivity index (χ2n) is 3.57. The minimum atomic E-state index is -1.02. The molecule has 5 heteroatoms. The Morgan fingerprint density at radius 2 is 2.29 bits per heavy atom. The van der Waals surface area contributed by atoms with Crippen LogP contribution in [0, 0.1) is 6.92 Å². The minimum absolute atomic E-state index is 0.134. The Hall–Kier alpha value is -2.30. The molecule has 5 nitrogen and oxygen atoms in total. The molecule has 0 bridgehead atoms. The molecule has 0 aliphatic heterocycles. The van der Waals surface area contributed by atoms with Crippen molar-refractivity contribution in [3.05, 3.63) is 47.3 Å². The number of benzene rings is 1. The van der Waals surface area contributed by atoms with Crippen molar-refractivity contribution in [1.29, 1.82) is 0 Å². The lowest BCUT2D eigenvalue weighted by Crippen LogP contribution is -2.03. The van der Waals surface area contributed by atoms with Crippen LogP contribution in [0.4, 0.5) is 0 Å². The fourth-order valence-corrected chi connectivity index (χ4v) is 1.39. The van der Waals surface area contributed by atoms with E-state index in [2.05, 4.69) is 5.16 Å². The number of hydrogen-bond acceptors (Lipinski definition) is 4. The maximum absolute atomic E-state index is 11.0. The van der Waals surface area contributed by atoms with Gasteiger partial charge in [-0.05, 0) is 24.6 Å². The van der Waals surface area contributed by atoms with Gasteiger partial charge in [0, 0.05) is 6.07 Å². The van der Waals surface area contributed by atoms with E-state index in [9.17, 15) is 4.79 Å². The van der Waals surface area contributed by atoms with Crippen molar-refractivity contribution in [2.45, 2.75) is 13.5 Å². The van der Waals surface area contributed by atoms with Crippen LogP contribution >= 0.6 is 0 Å². The van der Waals surface area contributed by atoms with Gasteiger partial charge in [0.15, 0.2) is 5.76 Å². The molecule has 0 fully saturated rings. The molecule has 17 heavy (non-hydrogen) atoms. The summed E-state index contributed by atoms with van der Waals surface area (Å²) in [6.07, 6.45) is 1.51. The van der Waals surface area contributed by atoms with E-state index in [1.165, 1.54) is 12.3 Å². The average molecular weight is 233 g/mol. The van der Waals surface area contributed by atoms with Gasteiger partial charge < -0.3 is 14.4 Å². The van der Waals surface area contributed by atoms with Crippen LogP contribution in [0.5, 0.6) is 5.75 Å². The average Bonchev–Trinajstić information content (AvgIpc) is 2.78. The van der Waals surface area contributed by atoms with Crippen LogP contribution in [-0.4, -0.2) is 16.2 Å². The van der Waals surface area contributed by atoms with Crippen molar-refractivity contribution in [2.24, 2.45) is 0 Å². The summed E-state index contributed by atoms with van der Waals surface area (Å²) in [4.78, 5) is 11.0. The molecule has 0 aliphatic rings. The van der Waals surface area contributed by atoms with E-state index in [4.69, 9.17) is 14.4 Å². The van der Waals surface area contributed by atoms with Crippen LogP contribution in [0.1, 0.15) is 21.7 Å². The zero-order valence-electron chi connectivity index (χ0n) is 9.21. The number of aromatic carboxylic acids is 1. The van der Waals surface area contributed by atoms with Crippen LogP contribution < -0.4 is 4.74 Å². The van der Waals surface area contributed by atoms with E-state index in [0.717, 1.165) is 5.56 Å². The van der Waals surface area contributed by atoms with Gasteiger partial charge in [-0.15, -0.1) is 0 Å². The Balaban J connectivity index is 2.19. The predicted molar refractivity (Wildman–Crippen MR) is 59.0 cm³/mol. The molecule has 1 N–H and O–H groups in total. The second kappa shape index (κ2) is 4.69. The third-order valence-corrected chi connectivity index (χ3v) is 2.23. The number of carboxylic acids is 1. The van der Waals surface area contributed by atoms with E-state index in [1.54, 1.807) is 18.2 Å². The van der Waals surface area contributed by atoms with Gasteiger partial charge in [-0.3, -0.25) is 0 Å². The van der Waals surface area contributed by atoms with E-state index in [-0.39, 0.29) is 12.2 Å². The van der Waals surface area contributed by atoms with Crippen LogP contribution in [0.15, 0.2) is 35.0 Å². The number of aromatic nitrogens is 1. The maximum Gasteiger partial charge on any atom is 0.339 e. The highest BCUT2D eigenvalue weighted by atomic mass is 16.5. The first-order valence-electron chi connectivity index (χ1n) is 5.03. The third kappa shape index (κ3) is 2.63. The zero-order chi connectivity index (χ0) is 12.3. The Labute approximate surface area is 97.6 Å². The summed E-state index contributed by atoms with van der Waals surface area (Å²) in [7, 11) is 0. The summed E-state index contributed by atoms with van der Waals surface area (Å²) in [5.74, 6) is -0.144. The molecular formula is C12H11NO4. The molecular weight excluding hydrogens is 222 g/mol. The standard InChI is InChI=1S/C12H11NO4/c1-8-2-3-10(12(14)15)11(6-8)16-7-9-4-5-13-17-9/h2-6H,7H2,1H3,(H,14,15). The molecule has 0 radical (unpaired) electrons. The van der Waals surface area contributed by atoms with E-state index >= 15 is 0 Å². The highest BCUT2D eigenvalue weighted by molar-refractivity contribution is 5.90. The maximum atomic E-state index is 11.0. The lowest BCUT2D eigenvalue weighted by Gasteiger charge is -2.08. The van der Waals surface area contributed by atoms with Crippen molar-refractivity contribution in [3.8, 4) is 5.75 Å². The number of carboxylic acid groups (broad SMARTS) is 1. The minimum Gasteiger partial charge on any atom is -0.485 e. The van der Waals surface area contributed by atoms with E-state index in [0.29, 0.717) is 11.5 Å². The van der Waals surface area contributed by atoms with Crippen LogP contribution in [0.2, 0.25) is 0 Å². The summed E-state index contributed by atoms with van der Waals surface area (Å²) in [5.41, 5.74) is 1.07. The lowest BCUT2D eigenvalue weighted by molar-refractivity contribution is 0.0691. The molecule has 0 spiro atoms. The summed E-state index contributed by atoms with van der Waals surface area (Å²) < 4.78 is 10.3. The van der Waals surface area contributed by atoms with Gasteiger partial charge in [-0.25, -0.2) is 4.79 Å². The number of ether oxygens (including phenoxy) is 1. The van der Waals surface area contributed by atoms with Crippen LogP contribution in [0.25, 0.3) is 0 Å². The molecule has 1 aromatic carbocycles. The fourth-order valence-electron chi connectivity index (χ4n) is 1.39. The third-order valence-electron chi connectivity index (χ3n) is 2.23. The first kappa shape index (κ1) is 11.2. The lowest BCUT2D eigenvalue weighted by atomic mass is 10.1. The summed E-state index contributed by atoms with van der Waals surface area (Å²) in [6.45, 7) is 2.02. The van der Waals surface area contributed by atoms with Crippen molar-refractivity contribution < 1.29 is 19.2 Å². The molecule has 1 heterocycles. The number of hydrogen-bond donors (Lipinski definition) is 1. The Kier molecular flexibility index (Phi) is 3.09. The molecule has 0 atom stereocenters. The van der Waals surface area contributed by atoms with Gasteiger partial charge >= 0.3 is 5.97 Å². The van der Waals surface area contributed by atoms with E-state index < -0.39 is 5.97 Å². The number of nitrogens with zero attached hydrogens (tertiary/aromatic N) is 1. The van der Waals surface area contributed by atoms with Crippen molar-refractivity contribution in [1.82, 2.24) is 5.16 Å². The molecule has 0 amide bonds. The Bertz CT molecular complexity index is 519. The van der Waals surface area contributed by atoms with Crippen molar-refractivity contribution in [2.75, 3.05) is 0 Å². The predicted octanol–water partition coefficient (Wildman–Crippen LogP) is 2.26. The van der Waals surface area contributed by atoms with E-state index in [1.807, 2.05) is 6.92 Å². The van der Waals surface area contributed by atoms with Crippen molar-refractivity contribution in [3.63, 3.8) is 0 Å². The molecule has 2 aromatic rings. The first-order chi connectivity index (χ1) is 8.16. The van der Waals surface area contributed by atoms with Crippen molar-refractivity contribution >= 4 is 5.97 Å². The number of aryl methyl sites for hydroxylation is 1. The monoisotopic (exact) mass is 233 g/mol. The molecule has 1 aromatic heterocycles. The number of rotatable bonds is 4. The van der Waals surface area contributed by atoms with Crippen LogP contribution in [-0.2, 0) is 6.61 Å². The van der Waals surface area contributed by atoms with Gasteiger partial charge in [0.2, 0.25) is 0 Å². The molecule has 0 unspecified atom stereocenters. The highest BCUT2D eigenvalue weighted by Crippen LogP contribution is 2.21. The van der Waals surface area contributed by atoms with Crippen LogP contribution in [0.3, 0.4) is 0 Å². The quantitative estimate of drug-likeness (QED) is 0.876. The first-order valence-corrected chi connectivity index (χ1v) is 5.03. The highest BCUT2D eigenvalue weighted by Gasteiger charge is 2.11. The SMILES string of the molecule is Cc1ccc(C(=O)O)c(OCc2ccno2)c1. The summed E-state index contributed by atoms with van der Waals surface area (Å²) in [5, 5.41) is 12.5. The van der Waals surface area contributed by atoms with Gasteiger partial charge in [-0.1, -0.05) is 11.2 Å². The molecule has 0 saturated carbocycles. The van der Waals surface area contributed by atoms with Gasteiger partial charge in [0.25, 0.3) is 0 Å². The summed E-state index contributed by atoms with van der Waals surface area (Å²) >= 11 is 0. The Morgan fingerprint density at radius 3 is 2.94 bits per heavy atom. The second-order valence-corrected chi connectivity index (χ2v) is 3.57. The normalized spacial score (nSPS) is 10.2. The molecule has 0 saturated heterocycles. The molecule has 0 aliphatic carbocycles.